The van der Waals surface area contributed by atoms with Crippen LogP contribution in [0, 0.1) is 34.5 Å². The fraction of sp³-hybridized carbons (Fsp3) is 0.833. The Morgan fingerprint density at radius 2 is 1.81 bits per heavy atom. The maximum atomic E-state index is 11.0. The van der Waals surface area contributed by atoms with Crippen molar-refractivity contribution in [2.75, 3.05) is 6.54 Å². The van der Waals surface area contributed by atoms with Crippen molar-refractivity contribution in [3.63, 3.8) is 0 Å². The summed E-state index contributed by atoms with van der Waals surface area (Å²) in [6.45, 7) is 8.45. The Kier molecular flexibility index (Phi) is 4.12. The van der Waals surface area contributed by atoms with E-state index < -0.39 is 0 Å². The quantitative estimate of drug-likeness (QED) is 0.584. The molecule has 1 heterocycles. The van der Waals surface area contributed by atoms with Crippen LogP contribution in [-0.4, -0.2) is 28.9 Å². The first-order valence-electron chi connectivity index (χ1n) is 11.4. The summed E-state index contributed by atoms with van der Waals surface area (Å²) in [5.41, 5.74) is 3.33. The van der Waals surface area contributed by atoms with Crippen LogP contribution in [0.4, 0.5) is 0 Å². The van der Waals surface area contributed by atoms with E-state index in [-0.39, 0.29) is 16.9 Å². The van der Waals surface area contributed by atoms with Crippen LogP contribution in [0.5, 0.6) is 0 Å². The molecule has 1 aliphatic heterocycles. The molecule has 0 radical (unpaired) electrons. The summed E-state index contributed by atoms with van der Waals surface area (Å²) in [6.07, 6.45) is 11.1. The molecular formula is C24H37NO2. The number of hydrogen-bond acceptors (Lipinski definition) is 3. The van der Waals surface area contributed by atoms with Crippen molar-refractivity contribution in [2.24, 2.45) is 34.5 Å². The second-order valence-corrected chi connectivity index (χ2v) is 10.8. The lowest BCUT2D eigenvalue weighted by atomic mass is 9.45. The summed E-state index contributed by atoms with van der Waals surface area (Å²) in [5, 5.41) is 25.0. The average molecular weight is 372 g/mol. The van der Waals surface area contributed by atoms with Gasteiger partial charge >= 0.3 is 0 Å². The minimum Gasteiger partial charge on any atom is -0.512 e. The Balaban J connectivity index is 1.51. The van der Waals surface area contributed by atoms with Gasteiger partial charge < -0.3 is 15.5 Å². The zero-order chi connectivity index (χ0) is 19.0. The van der Waals surface area contributed by atoms with Crippen LogP contribution in [-0.2, 0) is 0 Å². The van der Waals surface area contributed by atoms with Gasteiger partial charge in [0.15, 0.2) is 0 Å². The largest absolute Gasteiger partial charge is 0.512 e. The highest BCUT2D eigenvalue weighted by Crippen LogP contribution is 2.67. The Bertz CT molecular complexity index is 690. The highest BCUT2D eigenvalue weighted by molar-refractivity contribution is 5.35. The maximum absolute atomic E-state index is 11.0. The molecule has 3 heteroatoms. The fourth-order valence-electron chi connectivity index (χ4n) is 8.21. The van der Waals surface area contributed by atoms with Gasteiger partial charge in [0.05, 0.1) is 11.9 Å². The minimum absolute atomic E-state index is 0.140. The van der Waals surface area contributed by atoms with Crippen molar-refractivity contribution in [1.29, 1.82) is 0 Å². The maximum Gasteiger partial charge on any atom is 0.0939 e. The summed E-state index contributed by atoms with van der Waals surface area (Å²) in [6, 6.07) is 0.405. The molecule has 1 saturated heterocycles. The first-order valence-corrected chi connectivity index (χ1v) is 11.4. The Hall–Kier alpha value is -0.800. The molecule has 5 aliphatic rings. The first-order chi connectivity index (χ1) is 12.8. The number of allylic oxidation sites excluding steroid dienone is 2. The third kappa shape index (κ3) is 2.46. The Labute approximate surface area is 164 Å². The van der Waals surface area contributed by atoms with Gasteiger partial charge in [-0.1, -0.05) is 32.4 Å². The first kappa shape index (κ1) is 18.2. The average Bonchev–Trinajstić information content (AvgIpc) is 3.21. The lowest BCUT2D eigenvalue weighted by molar-refractivity contribution is -0.0498. The molecule has 0 amide bonds. The van der Waals surface area contributed by atoms with Gasteiger partial charge in [0, 0.05) is 12.5 Å². The third-order valence-electron chi connectivity index (χ3n) is 9.55. The van der Waals surface area contributed by atoms with Gasteiger partial charge in [-0.2, -0.15) is 0 Å². The molecular weight excluding hydrogens is 334 g/mol. The van der Waals surface area contributed by atoms with Gasteiger partial charge in [-0.05, 0) is 91.6 Å². The van der Waals surface area contributed by atoms with E-state index in [4.69, 9.17) is 0 Å². The molecule has 3 fully saturated rings. The SMILES string of the molecule is CC1C=C2CC(O)CC[C@]2(C)[C@@H]2CC[C@]3(C)C(C4CCCN4)=C(O)C[C@H]3[C@H]12. The van der Waals surface area contributed by atoms with E-state index in [0.717, 1.165) is 32.2 Å². The summed E-state index contributed by atoms with van der Waals surface area (Å²) in [4.78, 5) is 0. The fourth-order valence-corrected chi connectivity index (χ4v) is 8.21. The van der Waals surface area contributed by atoms with Crippen molar-refractivity contribution in [3.05, 3.63) is 23.0 Å². The van der Waals surface area contributed by atoms with Gasteiger partial charge in [0.25, 0.3) is 0 Å². The van der Waals surface area contributed by atoms with Crippen LogP contribution in [0.1, 0.15) is 72.1 Å². The zero-order valence-electron chi connectivity index (χ0n) is 17.3. The summed E-state index contributed by atoms with van der Waals surface area (Å²) >= 11 is 0. The number of aliphatic hydroxyl groups is 2. The predicted molar refractivity (Wildman–Crippen MR) is 108 cm³/mol. The van der Waals surface area contributed by atoms with E-state index in [0.29, 0.717) is 35.5 Å². The molecule has 0 aromatic carbocycles. The van der Waals surface area contributed by atoms with E-state index in [9.17, 15) is 10.2 Å². The monoisotopic (exact) mass is 371 g/mol. The molecule has 0 aromatic rings. The standard InChI is InChI=1S/C24H37NO2/c1-14-11-15-12-16(26)6-8-23(15,2)17-7-9-24(3)18(21(14)17)13-20(27)22(24)19-5-4-10-25-19/h11,14,16-19,21,25-27H,4-10,12-13H2,1-3H3/t14?,16?,17-,18+,19?,21-,23+,24+/m1/s1. The molecule has 0 spiro atoms. The molecule has 0 bridgehead atoms. The van der Waals surface area contributed by atoms with Crippen molar-refractivity contribution in [3.8, 4) is 0 Å². The van der Waals surface area contributed by atoms with Gasteiger partial charge in [-0.25, -0.2) is 0 Å². The Morgan fingerprint density at radius 1 is 1.04 bits per heavy atom. The van der Waals surface area contributed by atoms with Crippen LogP contribution in [0.25, 0.3) is 0 Å². The van der Waals surface area contributed by atoms with Gasteiger partial charge in [0.2, 0.25) is 0 Å². The highest BCUT2D eigenvalue weighted by Gasteiger charge is 2.60. The third-order valence-corrected chi connectivity index (χ3v) is 9.55. The van der Waals surface area contributed by atoms with Gasteiger partial charge in [-0.15, -0.1) is 0 Å². The molecule has 3 nitrogen and oxygen atoms in total. The second kappa shape index (κ2) is 6.10. The molecule has 5 rings (SSSR count). The van der Waals surface area contributed by atoms with Crippen molar-refractivity contribution in [1.82, 2.24) is 5.32 Å². The Morgan fingerprint density at radius 3 is 2.56 bits per heavy atom. The number of hydrogen-bond donors (Lipinski definition) is 3. The summed E-state index contributed by atoms with van der Waals surface area (Å²) < 4.78 is 0. The van der Waals surface area contributed by atoms with Crippen molar-refractivity contribution < 1.29 is 10.2 Å². The van der Waals surface area contributed by atoms with Gasteiger partial charge in [0.1, 0.15) is 0 Å². The molecule has 4 aliphatic carbocycles. The molecule has 0 aromatic heterocycles. The topological polar surface area (TPSA) is 52.5 Å². The van der Waals surface area contributed by atoms with Crippen LogP contribution >= 0.6 is 0 Å². The van der Waals surface area contributed by atoms with E-state index >= 15 is 0 Å². The summed E-state index contributed by atoms with van der Waals surface area (Å²) in [7, 11) is 0. The van der Waals surface area contributed by atoms with E-state index in [1.807, 2.05) is 0 Å². The normalized spacial score (nSPS) is 52.2. The van der Waals surface area contributed by atoms with E-state index in [1.165, 1.54) is 36.8 Å². The highest BCUT2D eigenvalue weighted by atomic mass is 16.3. The lowest BCUT2D eigenvalue weighted by Crippen LogP contribution is -2.53. The van der Waals surface area contributed by atoms with Crippen molar-refractivity contribution >= 4 is 0 Å². The molecule has 2 saturated carbocycles. The predicted octanol–water partition coefficient (Wildman–Crippen LogP) is 4.73. The van der Waals surface area contributed by atoms with Crippen LogP contribution < -0.4 is 5.32 Å². The molecule has 150 valence electrons. The van der Waals surface area contributed by atoms with Gasteiger partial charge in [-0.3, -0.25) is 0 Å². The molecule has 3 unspecified atom stereocenters. The molecule has 3 N–H and O–H groups in total. The van der Waals surface area contributed by atoms with E-state index in [2.05, 4.69) is 32.2 Å². The number of fused-ring (bicyclic) bond motifs is 5. The minimum atomic E-state index is -0.140. The summed E-state index contributed by atoms with van der Waals surface area (Å²) in [5.74, 6) is 3.21. The lowest BCUT2D eigenvalue weighted by Gasteiger charge is -2.59. The number of rotatable bonds is 1. The smallest absolute Gasteiger partial charge is 0.0939 e. The van der Waals surface area contributed by atoms with Crippen LogP contribution in [0.2, 0.25) is 0 Å². The molecule has 8 atom stereocenters. The van der Waals surface area contributed by atoms with Crippen LogP contribution in [0.15, 0.2) is 23.0 Å². The van der Waals surface area contributed by atoms with E-state index in [1.54, 1.807) is 0 Å². The zero-order valence-corrected chi connectivity index (χ0v) is 17.3. The molecule has 27 heavy (non-hydrogen) atoms. The number of aliphatic hydroxyl groups excluding tert-OH is 2. The number of nitrogens with one attached hydrogen (secondary N) is 1. The van der Waals surface area contributed by atoms with Crippen molar-refractivity contribution in [2.45, 2.75) is 84.3 Å². The van der Waals surface area contributed by atoms with Crippen LogP contribution in [0.3, 0.4) is 0 Å². The second-order valence-electron chi connectivity index (χ2n) is 10.8.